The van der Waals surface area contributed by atoms with Gasteiger partial charge >= 0.3 is 12.0 Å². The minimum Gasteiger partial charge on any atom is -0.481 e. The third-order valence-corrected chi connectivity index (χ3v) is 2.62. The minimum atomic E-state index is -0.866. The first kappa shape index (κ1) is 11.4. The number of urea groups is 1. The Hall–Kier alpha value is -1.70. The van der Waals surface area contributed by atoms with Crippen LogP contribution in [-0.4, -0.2) is 41.6 Å². The molecule has 15 heavy (non-hydrogen) atoms. The molecule has 5 nitrogen and oxygen atoms in total. The van der Waals surface area contributed by atoms with Crippen molar-refractivity contribution in [2.45, 2.75) is 13.3 Å². The Kier molecular flexibility index (Phi) is 3.20. The minimum absolute atomic E-state index is 0.166. The number of carboxylic acids is 1. The first-order valence-corrected chi connectivity index (χ1v) is 4.69. The predicted octanol–water partition coefficient (Wildman–Crippen LogP) is 0.126. The Morgan fingerprint density at radius 3 is 2.80 bits per heavy atom. The van der Waals surface area contributed by atoms with Crippen LogP contribution in [0.4, 0.5) is 4.79 Å². The number of carbonyl (C=O) groups is 2. The fourth-order valence-corrected chi connectivity index (χ4v) is 1.55. The molecule has 1 unspecified atom stereocenters. The third-order valence-electron chi connectivity index (χ3n) is 2.62. The van der Waals surface area contributed by atoms with E-state index in [0.29, 0.717) is 13.0 Å². The summed E-state index contributed by atoms with van der Waals surface area (Å²) in [5.41, 5.74) is -0.826. The van der Waals surface area contributed by atoms with Crippen LogP contribution in [0.3, 0.4) is 0 Å². The van der Waals surface area contributed by atoms with Crippen molar-refractivity contribution >= 4 is 12.0 Å². The summed E-state index contributed by atoms with van der Waals surface area (Å²) in [5.74, 6) is 1.42. The molecule has 2 amide bonds. The van der Waals surface area contributed by atoms with Gasteiger partial charge in [-0.25, -0.2) is 4.79 Å². The van der Waals surface area contributed by atoms with Gasteiger partial charge in [0, 0.05) is 13.1 Å². The van der Waals surface area contributed by atoms with Gasteiger partial charge in [0.05, 0.1) is 12.0 Å². The van der Waals surface area contributed by atoms with Crippen molar-refractivity contribution in [3.63, 3.8) is 0 Å². The van der Waals surface area contributed by atoms with Crippen LogP contribution in [0.2, 0.25) is 0 Å². The quantitative estimate of drug-likeness (QED) is 0.636. The maximum Gasteiger partial charge on any atom is 0.318 e. The Labute approximate surface area is 88.4 Å². The number of nitrogens with zero attached hydrogens (tertiary/aromatic N) is 1. The standard InChI is InChI=1S/C10H14N2O3/c1-3-5-11-9(15)12-6-4-10(2,7-12)8(13)14/h1H,4-7H2,2H3,(H,11,15)(H,13,14). The van der Waals surface area contributed by atoms with Crippen LogP contribution < -0.4 is 5.32 Å². The van der Waals surface area contributed by atoms with E-state index in [2.05, 4.69) is 11.2 Å². The number of likely N-dealkylation sites (tertiary alicyclic amines) is 1. The lowest BCUT2D eigenvalue weighted by atomic mass is 9.90. The fraction of sp³-hybridized carbons (Fsp3) is 0.600. The highest BCUT2D eigenvalue weighted by atomic mass is 16.4. The van der Waals surface area contributed by atoms with E-state index in [1.54, 1.807) is 6.92 Å². The van der Waals surface area contributed by atoms with Crippen molar-refractivity contribution in [1.82, 2.24) is 10.2 Å². The van der Waals surface area contributed by atoms with Gasteiger partial charge in [-0.05, 0) is 13.3 Å². The van der Waals surface area contributed by atoms with Gasteiger partial charge in [-0.2, -0.15) is 0 Å². The van der Waals surface area contributed by atoms with E-state index in [-0.39, 0.29) is 19.1 Å². The van der Waals surface area contributed by atoms with Gasteiger partial charge < -0.3 is 15.3 Å². The average Bonchev–Trinajstić information content (AvgIpc) is 2.59. The zero-order chi connectivity index (χ0) is 11.5. The van der Waals surface area contributed by atoms with Gasteiger partial charge in [0.15, 0.2) is 0 Å². The van der Waals surface area contributed by atoms with Crippen LogP contribution in [0.15, 0.2) is 0 Å². The van der Waals surface area contributed by atoms with E-state index in [4.69, 9.17) is 11.5 Å². The van der Waals surface area contributed by atoms with Crippen LogP contribution in [0.5, 0.6) is 0 Å². The SMILES string of the molecule is C#CCNC(=O)N1CCC(C)(C(=O)O)C1. The molecule has 0 aromatic carbocycles. The average molecular weight is 210 g/mol. The molecule has 0 aromatic rings. The molecule has 0 aromatic heterocycles. The smallest absolute Gasteiger partial charge is 0.318 e. The summed E-state index contributed by atoms with van der Waals surface area (Å²) in [6.45, 7) is 2.50. The number of hydrogen-bond donors (Lipinski definition) is 2. The number of carboxylic acid groups (broad SMARTS) is 1. The molecule has 82 valence electrons. The van der Waals surface area contributed by atoms with Crippen LogP contribution >= 0.6 is 0 Å². The topological polar surface area (TPSA) is 69.6 Å². The molecule has 0 aliphatic carbocycles. The lowest BCUT2D eigenvalue weighted by Gasteiger charge is -2.19. The molecule has 0 radical (unpaired) electrons. The monoisotopic (exact) mass is 210 g/mol. The van der Waals surface area contributed by atoms with Gasteiger partial charge in [-0.15, -0.1) is 6.42 Å². The van der Waals surface area contributed by atoms with E-state index < -0.39 is 11.4 Å². The summed E-state index contributed by atoms with van der Waals surface area (Å²) in [4.78, 5) is 23.8. The molecule has 1 fully saturated rings. The normalized spacial score (nSPS) is 24.7. The molecule has 2 N–H and O–H groups in total. The van der Waals surface area contributed by atoms with Crippen LogP contribution in [0.25, 0.3) is 0 Å². The molecule has 1 aliphatic heterocycles. The number of nitrogens with one attached hydrogen (secondary N) is 1. The first-order valence-electron chi connectivity index (χ1n) is 4.69. The summed E-state index contributed by atoms with van der Waals surface area (Å²) in [7, 11) is 0. The number of amides is 2. The summed E-state index contributed by atoms with van der Waals surface area (Å²) < 4.78 is 0. The van der Waals surface area contributed by atoms with Crippen LogP contribution in [0.1, 0.15) is 13.3 Å². The van der Waals surface area contributed by atoms with Crippen molar-refractivity contribution in [2.75, 3.05) is 19.6 Å². The highest BCUT2D eigenvalue weighted by Gasteiger charge is 2.41. The van der Waals surface area contributed by atoms with Gasteiger partial charge in [-0.3, -0.25) is 4.79 Å². The van der Waals surface area contributed by atoms with Crippen molar-refractivity contribution in [2.24, 2.45) is 5.41 Å². The van der Waals surface area contributed by atoms with E-state index >= 15 is 0 Å². The number of terminal acetylenes is 1. The number of aliphatic carboxylic acids is 1. The lowest BCUT2D eigenvalue weighted by molar-refractivity contribution is -0.146. The van der Waals surface area contributed by atoms with Crippen LogP contribution in [-0.2, 0) is 4.79 Å². The Morgan fingerprint density at radius 1 is 1.67 bits per heavy atom. The highest BCUT2D eigenvalue weighted by molar-refractivity contribution is 5.79. The molecule has 1 aliphatic rings. The molecule has 1 saturated heterocycles. The molecule has 1 atom stereocenters. The molecular formula is C10H14N2O3. The Morgan fingerprint density at radius 2 is 2.33 bits per heavy atom. The van der Waals surface area contributed by atoms with Crippen molar-refractivity contribution in [3.8, 4) is 12.3 Å². The number of hydrogen-bond acceptors (Lipinski definition) is 2. The lowest BCUT2D eigenvalue weighted by Crippen LogP contribution is -2.41. The highest BCUT2D eigenvalue weighted by Crippen LogP contribution is 2.29. The van der Waals surface area contributed by atoms with Crippen molar-refractivity contribution in [1.29, 1.82) is 0 Å². The zero-order valence-corrected chi connectivity index (χ0v) is 8.62. The van der Waals surface area contributed by atoms with Gasteiger partial charge in [0.1, 0.15) is 0 Å². The van der Waals surface area contributed by atoms with E-state index in [1.165, 1.54) is 4.90 Å². The summed E-state index contributed by atoms with van der Waals surface area (Å²) in [6, 6.07) is -0.294. The van der Waals surface area contributed by atoms with E-state index in [0.717, 1.165) is 0 Å². The zero-order valence-electron chi connectivity index (χ0n) is 8.62. The summed E-state index contributed by atoms with van der Waals surface area (Å²) in [6.07, 6.45) is 5.48. The Balaban J connectivity index is 2.53. The second kappa shape index (κ2) is 4.22. The Bertz CT molecular complexity index is 321. The molecule has 0 saturated carbocycles. The largest absolute Gasteiger partial charge is 0.481 e. The summed E-state index contributed by atoms with van der Waals surface area (Å²) in [5, 5.41) is 11.5. The van der Waals surface area contributed by atoms with Crippen LogP contribution in [0, 0.1) is 17.8 Å². The maximum absolute atomic E-state index is 11.4. The third kappa shape index (κ3) is 2.40. The maximum atomic E-state index is 11.4. The first-order chi connectivity index (χ1) is 6.99. The van der Waals surface area contributed by atoms with Gasteiger partial charge in [0.2, 0.25) is 0 Å². The second-order valence-corrected chi connectivity index (χ2v) is 3.90. The van der Waals surface area contributed by atoms with Gasteiger partial charge in [0.25, 0.3) is 0 Å². The molecule has 1 heterocycles. The number of carbonyl (C=O) groups excluding carboxylic acids is 1. The second-order valence-electron chi connectivity index (χ2n) is 3.90. The molecule has 1 rings (SSSR count). The number of rotatable bonds is 2. The predicted molar refractivity (Wildman–Crippen MR) is 54.2 cm³/mol. The molecular weight excluding hydrogens is 196 g/mol. The molecule has 0 bridgehead atoms. The molecule has 5 heteroatoms. The van der Waals surface area contributed by atoms with Crippen molar-refractivity contribution in [3.05, 3.63) is 0 Å². The van der Waals surface area contributed by atoms with Crippen molar-refractivity contribution < 1.29 is 14.7 Å². The van der Waals surface area contributed by atoms with E-state index in [1.807, 2.05) is 0 Å². The summed E-state index contributed by atoms with van der Waals surface area (Å²) >= 11 is 0. The fourth-order valence-electron chi connectivity index (χ4n) is 1.55. The molecule has 0 spiro atoms. The van der Waals surface area contributed by atoms with Gasteiger partial charge in [-0.1, -0.05) is 5.92 Å². The van der Waals surface area contributed by atoms with E-state index in [9.17, 15) is 9.59 Å².